The van der Waals surface area contributed by atoms with Crippen LogP contribution in [0.3, 0.4) is 0 Å². The maximum atomic E-state index is 13.4. The average molecular weight is 444 g/mol. The van der Waals surface area contributed by atoms with Gasteiger partial charge in [-0.25, -0.2) is 4.99 Å². The number of aliphatic hydroxyl groups excluding tert-OH is 1. The van der Waals surface area contributed by atoms with E-state index in [-0.39, 0.29) is 23.6 Å². The number of nitrogens with zero attached hydrogens (tertiary/aromatic N) is 2. The molecule has 0 spiro atoms. The van der Waals surface area contributed by atoms with Gasteiger partial charge in [0.15, 0.2) is 5.58 Å². The van der Waals surface area contributed by atoms with Crippen LogP contribution >= 0.6 is 0 Å². The smallest absolute Gasteiger partial charge is 0.261 e. The highest BCUT2D eigenvalue weighted by atomic mass is 16.5. The molecule has 7 heteroatoms. The number of para-hydroxylation sites is 3. The van der Waals surface area contributed by atoms with Crippen LogP contribution in [0.15, 0.2) is 70.2 Å². The van der Waals surface area contributed by atoms with Crippen LogP contribution in [-0.2, 0) is 6.61 Å². The Bertz CT molecular complexity index is 1390. The van der Waals surface area contributed by atoms with Gasteiger partial charge >= 0.3 is 0 Å². The second-order valence-corrected chi connectivity index (χ2v) is 7.52. The van der Waals surface area contributed by atoms with Crippen molar-refractivity contribution in [2.45, 2.75) is 27.4 Å². The van der Waals surface area contributed by atoms with Crippen LogP contribution in [0.5, 0.6) is 5.75 Å². The van der Waals surface area contributed by atoms with Crippen LogP contribution in [0.4, 0.5) is 11.4 Å². The predicted octanol–water partition coefficient (Wildman–Crippen LogP) is 4.82. The van der Waals surface area contributed by atoms with Gasteiger partial charge in [-0.2, -0.15) is 0 Å². The second kappa shape index (κ2) is 9.67. The summed E-state index contributed by atoms with van der Waals surface area (Å²) in [5, 5.41) is 13.4. The van der Waals surface area contributed by atoms with Crippen molar-refractivity contribution in [2.75, 3.05) is 11.9 Å². The van der Waals surface area contributed by atoms with E-state index in [4.69, 9.17) is 9.15 Å². The Balaban J connectivity index is 1.95. The highest BCUT2D eigenvalue weighted by Gasteiger charge is 2.17. The first-order valence-electron chi connectivity index (χ1n) is 10.7. The van der Waals surface area contributed by atoms with Crippen molar-refractivity contribution in [3.05, 3.63) is 88.7 Å². The minimum Gasteiger partial charge on any atom is -0.492 e. The summed E-state index contributed by atoms with van der Waals surface area (Å²) >= 11 is 0. The standard InChI is InChI=1S/C26H25N3O4/c1-4-32-23-12-8-7-11-22(23)29-26-20(25(31)28-21-10-6-5-9-16(21)2)13-19-18(15-30)14-27-17(3)24(19)33-26/h5-14,30H,4,15H2,1-3H3,(H,28,31). The van der Waals surface area contributed by atoms with E-state index in [1.54, 1.807) is 25.3 Å². The topological polar surface area (TPSA) is 97.0 Å². The molecule has 1 amide bonds. The number of nitrogens with one attached hydrogen (secondary N) is 1. The van der Waals surface area contributed by atoms with E-state index >= 15 is 0 Å². The molecular weight excluding hydrogens is 418 g/mol. The normalized spacial score (nSPS) is 11.6. The molecule has 2 aromatic carbocycles. The molecule has 0 aliphatic carbocycles. The number of aromatic nitrogens is 1. The first kappa shape index (κ1) is 22.2. The number of fused-ring (bicyclic) bond motifs is 1. The summed E-state index contributed by atoms with van der Waals surface area (Å²) < 4.78 is 11.8. The van der Waals surface area contributed by atoms with E-state index in [0.29, 0.717) is 46.0 Å². The molecule has 4 rings (SSSR count). The van der Waals surface area contributed by atoms with Gasteiger partial charge in [-0.15, -0.1) is 0 Å². The van der Waals surface area contributed by atoms with Gasteiger partial charge in [-0.3, -0.25) is 9.78 Å². The number of aliphatic hydroxyl groups is 1. The Morgan fingerprint density at radius 1 is 1.15 bits per heavy atom. The molecule has 0 atom stereocenters. The minimum atomic E-state index is -0.374. The van der Waals surface area contributed by atoms with Crippen molar-refractivity contribution in [1.29, 1.82) is 0 Å². The molecule has 2 aromatic heterocycles. The monoisotopic (exact) mass is 443 g/mol. The lowest BCUT2D eigenvalue weighted by Gasteiger charge is -2.11. The van der Waals surface area contributed by atoms with Crippen LogP contribution in [0, 0.1) is 13.8 Å². The predicted molar refractivity (Wildman–Crippen MR) is 127 cm³/mol. The molecule has 168 valence electrons. The van der Waals surface area contributed by atoms with E-state index in [2.05, 4.69) is 15.3 Å². The molecule has 0 radical (unpaired) electrons. The molecule has 2 heterocycles. The molecule has 0 fully saturated rings. The SMILES string of the molecule is CCOc1ccccc1N=c1oc2c(C)ncc(CO)c2cc1C(=O)Nc1ccccc1C. The Morgan fingerprint density at radius 3 is 2.67 bits per heavy atom. The highest BCUT2D eigenvalue weighted by molar-refractivity contribution is 6.06. The van der Waals surface area contributed by atoms with E-state index in [1.807, 2.05) is 56.3 Å². The molecule has 0 aliphatic rings. The number of anilines is 1. The van der Waals surface area contributed by atoms with E-state index in [0.717, 1.165) is 5.56 Å². The van der Waals surface area contributed by atoms with E-state index < -0.39 is 0 Å². The molecule has 7 nitrogen and oxygen atoms in total. The van der Waals surface area contributed by atoms with Gasteiger partial charge in [0.05, 0.1) is 18.9 Å². The third-order valence-corrected chi connectivity index (χ3v) is 5.25. The van der Waals surface area contributed by atoms with Crippen LogP contribution in [0.2, 0.25) is 0 Å². The summed E-state index contributed by atoms with van der Waals surface area (Å²) in [4.78, 5) is 22.3. The third-order valence-electron chi connectivity index (χ3n) is 5.25. The number of carbonyl (C=O) groups is 1. The Morgan fingerprint density at radius 2 is 1.91 bits per heavy atom. The number of hydrogen-bond donors (Lipinski definition) is 2. The van der Waals surface area contributed by atoms with E-state index in [1.165, 1.54) is 0 Å². The maximum Gasteiger partial charge on any atom is 0.261 e. The summed E-state index contributed by atoms with van der Waals surface area (Å²) in [7, 11) is 0. The number of aryl methyl sites for hydroxylation is 2. The number of pyridine rings is 1. The number of ether oxygens (including phenoxy) is 1. The van der Waals surface area contributed by atoms with Gasteiger partial charge in [0.25, 0.3) is 5.91 Å². The zero-order chi connectivity index (χ0) is 23.4. The summed E-state index contributed by atoms with van der Waals surface area (Å²) in [5.74, 6) is 0.209. The molecule has 33 heavy (non-hydrogen) atoms. The van der Waals surface area contributed by atoms with Gasteiger partial charge in [-0.05, 0) is 50.6 Å². The summed E-state index contributed by atoms with van der Waals surface area (Å²) in [5.41, 5.74) is 4.17. The fourth-order valence-electron chi connectivity index (χ4n) is 3.50. The van der Waals surface area contributed by atoms with Crippen LogP contribution in [-0.4, -0.2) is 22.6 Å². The van der Waals surface area contributed by atoms with Crippen molar-refractivity contribution in [2.24, 2.45) is 4.99 Å². The zero-order valence-corrected chi connectivity index (χ0v) is 18.8. The molecule has 0 saturated heterocycles. The average Bonchev–Trinajstić information content (AvgIpc) is 2.82. The number of amides is 1. The minimum absolute atomic E-state index is 0.126. The van der Waals surface area contributed by atoms with Crippen molar-refractivity contribution < 1.29 is 19.1 Å². The second-order valence-electron chi connectivity index (χ2n) is 7.52. The quantitative estimate of drug-likeness (QED) is 0.445. The van der Waals surface area contributed by atoms with Gasteiger partial charge in [0.1, 0.15) is 17.0 Å². The molecule has 0 unspecified atom stereocenters. The lowest BCUT2D eigenvalue weighted by molar-refractivity contribution is 0.102. The summed E-state index contributed by atoms with van der Waals surface area (Å²) in [6, 6.07) is 16.5. The molecule has 2 N–H and O–H groups in total. The maximum absolute atomic E-state index is 13.4. The fraction of sp³-hybridized carbons (Fsp3) is 0.192. The van der Waals surface area contributed by atoms with Gasteiger partial charge in [-0.1, -0.05) is 30.3 Å². The number of rotatable bonds is 6. The first-order chi connectivity index (χ1) is 16.0. The lowest BCUT2D eigenvalue weighted by atomic mass is 10.1. The zero-order valence-electron chi connectivity index (χ0n) is 18.8. The van der Waals surface area contributed by atoms with Crippen LogP contribution < -0.4 is 15.6 Å². The van der Waals surface area contributed by atoms with E-state index in [9.17, 15) is 9.90 Å². The third kappa shape index (κ3) is 4.63. The Kier molecular flexibility index (Phi) is 6.51. The van der Waals surface area contributed by atoms with Gasteiger partial charge in [0, 0.05) is 22.8 Å². The van der Waals surface area contributed by atoms with Gasteiger partial charge in [0.2, 0.25) is 5.55 Å². The molecule has 0 saturated carbocycles. The summed E-state index contributed by atoms with van der Waals surface area (Å²) in [6.45, 7) is 5.86. The molecule has 4 aromatic rings. The van der Waals surface area contributed by atoms with Crippen molar-refractivity contribution in [3.8, 4) is 5.75 Å². The van der Waals surface area contributed by atoms with Crippen LogP contribution in [0.1, 0.15) is 34.1 Å². The number of benzene rings is 2. The van der Waals surface area contributed by atoms with Crippen LogP contribution in [0.25, 0.3) is 11.0 Å². The Hall–Kier alpha value is -3.97. The largest absolute Gasteiger partial charge is 0.492 e. The lowest BCUT2D eigenvalue weighted by Crippen LogP contribution is -2.22. The van der Waals surface area contributed by atoms with Crippen molar-refractivity contribution in [1.82, 2.24) is 4.98 Å². The number of hydrogen-bond acceptors (Lipinski definition) is 6. The molecule has 0 bridgehead atoms. The highest BCUT2D eigenvalue weighted by Crippen LogP contribution is 2.27. The fourth-order valence-corrected chi connectivity index (χ4v) is 3.50. The number of carbonyl (C=O) groups excluding carboxylic acids is 1. The van der Waals surface area contributed by atoms with Gasteiger partial charge < -0.3 is 19.6 Å². The molecular formula is C26H25N3O4. The first-order valence-corrected chi connectivity index (χ1v) is 10.7. The van der Waals surface area contributed by atoms with Crippen molar-refractivity contribution >= 4 is 28.3 Å². The van der Waals surface area contributed by atoms with Crippen molar-refractivity contribution in [3.63, 3.8) is 0 Å². The summed E-state index contributed by atoms with van der Waals surface area (Å²) in [6.07, 6.45) is 1.58. The molecule has 0 aliphatic heterocycles. The Labute approximate surface area is 191 Å².